The van der Waals surface area contributed by atoms with Gasteiger partial charge in [0.15, 0.2) is 0 Å². The van der Waals surface area contributed by atoms with Crippen LogP contribution in [-0.4, -0.2) is 42.8 Å². The average molecular weight is 535 g/mol. The van der Waals surface area contributed by atoms with Crippen LogP contribution in [0.15, 0.2) is 65.2 Å². The first-order chi connectivity index (χ1) is 16.4. The third-order valence-electron chi connectivity index (χ3n) is 6.38. The maximum atomic E-state index is 12.3. The third kappa shape index (κ3) is 4.21. The molecule has 0 fully saturated rings. The normalized spacial score (nSPS) is 20.7. The molecule has 3 aliphatic rings. The second-order valence-corrected chi connectivity index (χ2v) is 11.3. The minimum Gasteiger partial charge on any atom is -0.358 e. The summed E-state index contributed by atoms with van der Waals surface area (Å²) >= 11 is 5.28. The second kappa shape index (κ2) is 10.0. The monoisotopic (exact) mass is 534 g/mol. The van der Waals surface area contributed by atoms with Crippen LogP contribution < -0.4 is 14.9 Å². The van der Waals surface area contributed by atoms with Crippen LogP contribution in [-0.2, 0) is 24.3 Å². The van der Waals surface area contributed by atoms with E-state index >= 15 is 0 Å². The van der Waals surface area contributed by atoms with Crippen molar-refractivity contribution in [2.45, 2.75) is 13.8 Å². The summed E-state index contributed by atoms with van der Waals surface area (Å²) in [5.41, 5.74) is 5.98. The number of anilines is 1. The molecule has 35 heavy (non-hydrogen) atoms. The van der Waals surface area contributed by atoms with Gasteiger partial charge in [0.2, 0.25) is 0 Å². The minimum absolute atomic E-state index is 0. The van der Waals surface area contributed by atoms with Gasteiger partial charge in [-0.3, -0.25) is 0 Å². The Morgan fingerprint density at radius 2 is 1.97 bits per heavy atom. The van der Waals surface area contributed by atoms with Crippen LogP contribution in [0.25, 0.3) is 5.57 Å². The van der Waals surface area contributed by atoms with Gasteiger partial charge in [-0.15, -0.1) is 0 Å². The molecule has 1 N–H and O–H groups in total. The molecule has 0 amide bonds. The van der Waals surface area contributed by atoms with E-state index in [1.54, 1.807) is 0 Å². The van der Waals surface area contributed by atoms with Gasteiger partial charge in [0, 0.05) is 0 Å². The number of rotatable bonds is 5. The summed E-state index contributed by atoms with van der Waals surface area (Å²) in [6.45, 7) is 9.86. The Kier molecular flexibility index (Phi) is 7.41. The van der Waals surface area contributed by atoms with E-state index in [4.69, 9.17) is 29.0 Å². The smallest absolute Gasteiger partial charge is 0.358 e. The van der Waals surface area contributed by atoms with E-state index in [-0.39, 0.29) is 14.0 Å². The Balaban J connectivity index is 0.00000289. The molecule has 2 aromatic rings. The van der Waals surface area contributed by atoms with Crippen molar-refractivity contribution in [3.63, 3.8) is 0 Å². The van der Waals surface area contributed by atoms with E-state index in [1.807, 2.05) is 44.3 Å². The van der Waals surface area contributed by atoms with Gasteiger partial charge in [-0.1, -0.05) is 0 Å². The zero-order valence-corrected chi connectivity index (χ0v) is 22.4. The summed E-state index contributed by atoms with van der Waals surface area (Å²) in [6, 6.07) is 12.4. The van der Waals surface area contributed by atoms with E-state index in [2.05, 4.69) is 36.9 Å². The predicted octanol–water partition coefficient (Wildman–Crippen LogP) is 4.94. The molecule has 2 heterocycles. The van der Waals surface area contributed by atoms with E-state index < -0.39 is 7.72 Å². The first kappa shape index (κ1) is 25.9. The number of hydrogen-bond donors (Lipinski definition) is 1. The van der Waals surface area contributed by atoms with Gasteiger partial charge in [-0.2, -0.15) is 0 Å². The molecule has 188 valence electrons. The van der Waals surface area contributed by atoms with Gasteiger partial charge in [-0.25, -0.2) is 0 Å². The van der Waals surface area contributed by atoms with Crippen LogP contribution in [0.2, 0.25) is 0 Å². The summed E-state index contributed by atoms with van der Waals surface area (Å²) in [7, 11) is -1.15. The molecule has 0 bridgehead atoms. The summed E-state index contributed by atoms with van der Waals surface area (Å²) < 4.78 is 18.6. The zero-order valence-electron chi connectivity index (χ0n) is 20.5. The largest absolute Gasteiger partial charge is 0.358 e. The topological polar surface area (TPSA) is 51.2 Å². The Hall–Kier alpha value is -2.23. The van der Waals surface area contributed by atoms with Crippen molar-refractivity contribution in [2.24, 2.45) is 0 Å². The van der Waals surface area contributed by atoms with Crippen molar-refractivity contribution in [3.8, 4) is 5.75 Å². The third-order valence-corrected chi connectivity index (χ3v) is 9.44. The van der Waals surface area contributed by atoms with Crippen LogP contribution in [0.4, 0.5) is 5.69 Å². The minimum atomic E-state index is -3.19. The maximum Gasteiger partial charge on any atom is -0.358 e. The molecular formula is C28H31NNiO4P-. The molecule has 1 aliphatic carbocycles. The Morgan fingerprint density at radius 3 is 2.69 bits per heavy atom. The van der Waals surface area contributed by atoms with Gasteiger partial charge >= 0.3 is 209 Å². The van der Waals surface area contributed by atoms with Crippen molar-refractivity contribution in [1.82, 2.24) is 0 Å². The van der Waals surface area contributed by atoms with Gasteiger partial charge in [0.1, 0.15) is 0 Å². The maximum absolute atomic E-state index is 12.3. The number of ether oxygens (including phenoxy) is 2. The number of aryl methyl sites for hydroxylation is 1. The molecule has 1 atom stereocenters. The fourth-order valence-electron chi connectivity index (χ4n) is 4.78. The summed E-state index contributed by atoms with van der Waals surface area (Å²) in [6.07, 6.45) is 3.81. The van der Waals surface area contributed by atoms with Crippen molar-refractivity contribution in [2.75, 3.05) is 38.3 Å². The predicted molar refractivity (Wildman–Crippen MR) is 142 cm³/mol. The Bertz CT molecular complexity index is 1280. The molecule has 5 nitrogen and oxygen atoms in total. The SMILES string of the molecule is [CH2-]COC1=CC2=C(c3ccccc3C)c3cc4c(cc3[P+](O)(OCC)C2=C[C]1=[Ni])N(C)CCO4.[CH3-]. The number of benzene rings is 2. The van der Waals surface area contributed by atoms with Crippen LogP contribution in [0.5, 0.6) is 5.75 Å². The molecule has 2 aromatic carbocycles. The molecule has 0 aromatic heterocycles. The van der Waals surface area contributed by atoms with Gasteiger partial charge in [0.25, 0.3) is 0 Å². The number of nitrogens with zero attached hydrogens (tertiary/aromatic N) is 1. The van der Waals surface area contributed by atoms with Crippen LogP contribution in [0.3, 0.4) is 0 Å². The van der Waals surface area contributed by atoms with Gasteiger partial charge < -0.3 is 7.43 Å². The van der Waals surface area contributed by atoms with Gasteiger partial charge in [-0.05, 0) is 0 Å². The summed E-state index contributed by atoms with van der Waals surface area (Å²) in [5.74, 6) is 1.40. The molecule has 7 heteroatoms. The van der Waals surface area contributed by atoms with Crippen molar-refractivity contribution in [3.05, 3.63) is 96.2 Å². The number of allylic oxidation sites excluding steroid dienone is 4. The van der Waals surface area contributed by atoms with Crippen LogP contribution in [0.1, 0.15) is 23.6 Å². The number of likely N-dealkylation sites (N-methyl/N-ethyl adjacent to an activating group) is 1. The molecule has 2 aliphatic heterocycles. The molecule has 0 saturated heterocycles. The number of hydrogen-bond acceptors (Lipinski definition) is 5. The van der Waals surface area contributed by atoms with E-state index in [0.29, 0.717) is 23.5 Å². The quantitative estimate of drug-likeness (QED) is 0.334. The van der Waals surface area contributed by atoms with E-state index in [1.165, 1.54) is 0 Å². The standard InChI is InChI=1S/C27H28NO4P.CH3.Ni/c1-5-30-19-11-12-25-21(15-19)27(20-10-8-7-9-18(20)3)22-16-24-23(28(4)13-14-31-24)17-26(22)33(25,29)32-6-2;;/h7-10,12,15-17,29H,1,5-6,13-14H2,2-4H3;1H3;/q;-1;. The van der Waals surface area contributed by atoms with Crippen molar-refractivity contribution >= 4 is 28.8 Å². The molecule has 0 radical (unpaired) electrons. The average Bonchev–Trinajstić information content (AvgIpc) is 2.81. The number of fused-ring (bicyclic) bond motifs is 3. The van der Waals surface area contributed by atoms with E-state index in [9.17, 15) is 4.89 Å². The second-order valence-electron chi connectivity index (χ2n) is 8.41. The van der Waals surface area contributed by atoms with E-state index in [0.717, 1.165) is 56.4 Å². The molecular weight excluding hydrogens is 504 g/mol. The van der Waals surface area contributed by atoms with Crippen LogP contribution in [0, 0.1) is 21.3 Å². The molecule has 5 rings (SSSR count). The zero-order chi connectivity index (χ0) is 24.0. The summed E-state index contributed by atoms with van der Waals surface area (Å²) in [5, 5.41) is 1.53. The molecule has 0 saturated carbocycles. The fourth-order valence-corrected chi connectivity index (χ4v) is 7.68. The fraction of sp³-hybridized carbons (Fsp3) is 0.250. The molecule has 1 unspecified atom stereocenters. The first-order valence-corrected chi connectivity index (χ1v) is 13.5. The molecule has 0 spiro atoms. The van der Waals surface area contributed by atoms with Gasteiger partial charge in [0.05, 0.1) is 0 Å². The van der Waals surface area contributed by atoms with Crippen LogP contribution >= 0.6 is 7.72 Å². The van der Waals surface area contributed by atoms with Crippen molar-refractivity contribution < 1.29 is 33.9 Å². The first-order valence-electron chi connectivity index (χ1n) is 11.3. The Labute approximate surface area is 216 Å². The Morgan fingerprint density at radius 1 is 1.20 bits per heavy atom. The van der Waals surface area contributed by atoms with Crippen molar-refractivity contribution in [1.29, 1.82) is 0 Å². The summed E-state index contributed by atoms with van der Waals surface area (Å²) in [4.78, 5) is 14.4.